The molecule has 0 radical (unpaired) electrons. The van der Waals surface area contributed by atoms with Crippen molar-refractivity contribution in [3.63, 3.8) is 0 Å². The standard InChI is InChI=1S/C40H56/c1-33(2)19-13-23-37(7)27-17-31-39(9)29-15-25-35(5)21-11-12-22-36(6)26-16-30-40(10)32-18-28-38(8)24-14-20-34(3)4/h11-12,15-22,25-32H,13-14,23-24H2,1-10H3/b12-11+,25-15+,26-16?,31-17+,32-18?,35-21+,36-22?,37-27?,38-28?,39-29+,40-30?. The summed E-state index contributed by atoms with van der Waals surface area (Å²) in [6.07, 6.45) is 43.3. The Morgan fingerprint density at radius 1 is 0.350 bits per heavy atom. The minimum Gasteiger partial charge on any atom is -0.0856 e. The number of hydrogen-bond acceptors (Lipinski definition) is 0. The molecule has 0 spiro atoms. The van der Waals surface area contributed by atoms with Crippen LogP contribution in [0.1, 0.15) is 94.9 Å². The van der Waals surface area contributed by atoms with Crippen molar-refractivity contribution < 1.29 is 0 Å². The predicted octanol–water partition coefficient (Wildman–Crippen LogP) is 12.9. The molecule has 0 aliphatic rings. The van der Waals surface area contributed by atoms with E-state index in [1.165, 1.54) is 44.6 Å². The Hall–Kier alpha value is -3.38. The third-order valence-electron chi connectivity index (χ3n) is 5.93. The average molecular weight is 537 g/mol. The largest absolute Gasteiger partial charge is 0.0856 e. The first kappa shape index (κ1) is 36.6. The molecule has 0 N–H and O–H groups in total. The summed E-state index contributed by atoms with van der Waals surface area (Å²) in [4.78, 5) is 0. The highest BCUT2D eigenvalue weighted by atomic mass is 13.9. The molecule has 0 rings (SSSR count). The second kappa shape index (κ2) is 23.5. The molecule has 0 fully saturated rings. The summed E-state index contributed by atoms with van der Waals surface area (Å²) in [5.74, 6) is 0. The Kier molecular flexibility index (Phi) is 21.5. The molecule has 0 unspecified atom stereocenters. The average Bonchev–Trinajstić information content (AvgIpc) is 2.86. The summed E-state index contributed by atoms with van der Waals surface area (Å²) in [6.45, 7) is 21.5. The van der Waals surface area contributed by atoms with Gasteiger partial charge in [0.2, 0.25) is 0 Å². The molecule has 0 aromatic heterocycles. The summed E-state index contributed by atoms with van der Waals surface area (Å²) >= 11 is 0. The molecule has 0 aromatic rings. The number of rotatable bonds is 16. The van der Waals surface area contributed by atoms with Gasteiger partial charge in [-0.15, -0.1) is 0 Å². The van der Waals surface area contributed by atoms with Crippen LogP contribution in [-0.4, -0.2) is 0 Å². The molecule has 40 heavy (non-hydrogen) atoms. The molecule has 0 heteroatoms. The van der Waals surface area contributed by atoms with E-state index >= 15 is 0 Å². The van der Waals surface area contributed by atoms with Gasteiger partial charge in [0, 0.05) is 0 Å². The van der Waals surface area contributed by atoms with E-state index in [-0.39, 0.29) is 0 Å². The van der Waals surface area contributed by atoms with Crippen molar-refractivity contribution in [2.24, 2.45) is 0 Å². The van der Waals surface area contributed by atoms with Gasteiger partial charge in [0.05, 0.1) is 0 Å². The summed E-state index contributed by atoms with van der Waals surface area (Å²) in [6, 6.07) is 0. The van der Waals surface area contributed by atoms with Crippen LogP contribution in [0.5, 0.6) is 0 Å². The summed E-state index contributed by atoms with van der Waals surface area (Å²) < 4.78 is 0. The lowest BCUT2D eigenvalue weighted by atomic mass is 10.1. The molecular formula is C40H56. The van der Waals surface area contributed by atoms with E-state index in [1.807, 2.05) is 0 Å². The van der Waals surface area contributed by atoms with Crippen LogP contribution in [0.15, 0.2) is 154 Å². The van der Waals surface area contributed by atoms with Gasteiger partial charge >= 0.3 is 0 Å². The summed E-state index contributed by atoms with van der Waals surface area (Å²) in [5.41, 5.74) is 10.5. The van der Waals surface area contributed by atoms with Gasteiger partial charge in [-0.05, 0) is 94.9 Å². The summed E-state index contributed by atoms with van der Waals surface area (Å²) in [7, 11) is 0. The Bertz CT molecular complexity index is 1050. The second-order valence-electron chi connectivity index (χ2n) is 11.1. The van der Waals surface area contributed by atoms with Crippen molar-refractivity contribution in [2.45, 2.75) is 94.9 Å². The molecule has 0 aliphatic carbocycles. The molecule has 0 aliphatic heterocycles. The highest BCUT2D eigenvalue weighted by Gasteiger charge is 1.88. The minimum atomic E-state index is 1.12. The molecule has 0 aromatic carbocycles. The highest BCUT2D eigenvalue weighted by Crippen LogP contribution is 2.09. The fraction of sp³-hybridized carbons (Fsp3) is 0.350. The lowest BCUT2D eigenvalue weighted by Gasteiger charge is -1.96. The van der Waals surface area contributed by atoms with Gasteiger partial charge in [-0.2, -0.15) is 0 Å². The van der Waals surface area contributed by atoms with E-state index in [4.69, 9.17) is 0 Å². The van der Waals surface area contributed by atoms with Gasteiger partial charge in [-0.3, -0.25) is 0 Å². The van der Waals surface area contributed by atoms with Gasteiger partial charge in [0.25, 0.3) is 0 Å². The normalized spacial score (nSPS) is 15.1. The molecule has 0 heterocycles. The fourth-order valence-electron chi connectivity index (χ4n) is 3.41. The smallest absolute Gasteiger partial charge is 0.0285 e. The third-order valence-corrected chi connectivity index (χ3v) is 5.93. The zero-order valence-corrected chi connectivity index (χ0v) is 27.2. The van der Waals surface area contributed by atoms with Crippen LogP contribution in [-0.2, 0) is 0 Å². The van der Waals surface area contributed by atoms with Gasteiger partial charge in [0.15, 0.2) is 0 Å². The maximum Gasteiger partial charge on any atom is -0.0285 e. The van der Waals surface area contributed by atoms with Gasteiger partial charge < -0.3 is 0 Å². The Labute approximate surface area is 248 Å². The monoisotopic (exact) mass is 536 g/mol. The van der Waals surface area contributed by atoms with E-state index in [1.54, 1.807) is 0 Å². The van der Waals surface area contributed by atoms with Crippen LogP contribution in [0.25, 0.3) is 0 Å². The Morgan fingerprint density at radius 2 is 0.625 bits per heavy atom. The van der Waals surface area contributed by atoms with Crippen molar-refractivity contribution >= 4 is 0 Å². The molecule has 0 bridgehead atoms. The second-order valence-corrected chi connectivity index (χ2v) is 11.1. The van der Waals surface area contributed by atoms with Crippen LogP contribution in [0.3, 0.4) is 0 Å². The lowest BCUT2D eigenvalue weighted by Crippen LogP contribution is -1.76. The van der Waals surface area contributed by atoms with Crippen LogP contribution in [0.4, 0.5) is 0 Å². The van der Waals surface area contributed by atoms with Crippen LogP contribution in [0.2, 0.25) is 0 Å². The molecule has 0 nitrogen and oxygen atoms in total. The highest BCUT2D eigenvalue weighted by molar-refractivity contribution is 5.32. The number of hydrogen-bond donors (Lipinski definition) is 0. The van der Waals surface area contributed by atoms with E-state index in [2.05, 4.69) is 179 Å². The third kappa shape index (κ3) is 24.9. The minimum absolute atomic E-state index is 1.12. The first-order valence-corrected chi connectivity index (χ1v) is 14.7. The van der Waals surface area contributed by atoms with Crippen LogP contribution < -0.4 is 0 Å². The van der Waals surface area contributed by atoms with E-state index in [9.17, 15) is 0 Å². The van der Waals surface area contributed by atoms with Gasteiger partial charge in [-0.25, -0.2) is 0 Å². The summed E-state index contributed by atoms with van der Waals surface area (Å²) in [5, 5.41) is 0. The van der Waals surface area contributed by atoms with Crippen molar-refractivity contribution in [2.75, 3.05) is 0 Å². The van der Waals surface area contributed by atoms with E-state index in [0.29, 0.717) is 0 Å². The predicted molar refractivity (Wildman–Crippen MR) is 186 cm³/mol. The van der Waals surface area contributed by atoms with Crippen molar-refractivity contribution in [3.05, 3.63) is 154 Å². The lowest BCUT2D eigenvalue weighted by molar-refractivity contribution is 0.967. The molecule has 216 valence electrons. The maximum absolute atomic E-state index is 2.30. The Morgan fingerprint density at radius 3 is 0.925 bits per heavy atom. The fourth-order valence-corrected chi connectivity index (χ4v) is 3.41. The molecular weight excluding hydrogens is 480 g/mol. The first-order chi connectivity index (χ1) is 19.0. The van der Waals surface area contributed by atoms with Crippen LogP contribution >= 0.6 is 0 Å². The van der Waals surface area contributed by atoms with Gasteiger partial charge in [-0.1, -0.05) is 154 Å². The van der Waals surface area contributed by atoms with Crippen molar-refractivity contribution in [1.82, 2.24) is 0 Å². The molecule has 0 atom stereocenters. The van der Waals surface area contributed by atoms with Crippen molar-refractivity contribution in [1.29, 1.82) is 0 Å². The Balaban J connectivity index is 4.70. The van der Waals surface area contributed by atoms with E-state index in [0.717, 1.165) is 25.7 Å². The zero-order chi connectivity index (χ0) is 30.2. The van der Waals surface area contributed by atoms with Gasteiger partial charge in [0.1, 0.15) is 0 Å². The van der Waals surface area contributed by atoms with Crippen LogP contribution in [0, 0.1) is 0 Å². The number of allylic oxidation sites excluding steroid dienone is 26. The molecule has 0 saturated heterocycles. The topological polar surface area (TPSA) is 0 Å². The van der Waals surface area contributed by atoms with Crippen molar-refractivity contribution in [3.8, 4) is 0 Å². The molecule has 0 amide bonds. The SMILES string of the molecule is CC(C)=CCCC(C)=CC=CC(C)=CC=CC(C)=C/C=C/C=C(C)/C=C/C=C(C)/C=C/C=C(C)CCC=C(C)C. The quantitative estimate of drug-likeness (QED) is 0.136. The maximum atomic E-state index is 2.30. The zero-order valence-electron chi connectivity index (χ0n) is 27.2. The van der Waals surface area contributed by atoms with E-state index < -0.39 is 0 Å². The first-order valence-electron chi connectivity index (χ1n) is 14.7. The molecule has 0 saturated carbocycles.